The molecule has 2 N–H and O–H groups in total. The number of oxazole rings is 1. The van der Waals surface area contributed by atoms with Gasteiger partial charge in [0.15, 0.2) is 0 Å². The Morgan fingerprint density at radius 2 is 2.06 bits per heavy atom. The fraction of sp³-hybridized carbons (Fsp3) is 0.583. The van der Waals surface area contributed by atoms with E-state index in [0.29, 0.717) is 17.9 Å². The number of carbonyl (C=O) groups excluding carboxylic acids is 1. The van der Waals surface area contributed by atoms with Crippen LogP contribution in [0.25, 0.3) is 0 Å². The molecule has 6 heteroatoms. The molecule has 0 spiro atoms. The van der Waals surface area contributed by atoms with E-state index < -0.39 is 17.9 Å². The molecule has 1 aromatic heterocycles. The third-order valence-corrected chi connectivity index (χ3v) is 2.99. The third-order valence-electron chi connectivity index (χ3n) is 2.99. The normalized spacial score (nSPS) is 14.0. The van der Waals surface area contributed by atoms with Crippen LogP contribution in [0, 0.1) is 19.8 Å². The van der Waals surface area contributed by atoms with Crippen molar-refractivity contribution in [2.75, 3.05) is 0 Å². The fourth-order valence-electron chi connectivity index (χ4n) is 1.46. The quantitative estimate of drug-likeness (QED) is 0.831. The molecule has 0 aliphatic heterocycles. The summed E-state index contributed by atoms with van der Waals surface area (Å²) in [5, 5.41) is 11.5. The topological polar surface area (TPSA) is 92.4 Å². The van der Waals surface area contributed by atoms with Gasteiger partial charge in [-0.2, -0.15) is 0 Å². The van der Waals surface area contributed by atoms with Crippen molar-refractivity contribution in [3.05, 3.63) is 17.3 Å². The molecule has 0 saturated heterocycles. The molecule has 0 aliphatic carbocycles. The summed E-state index contributed by atoms with van der Waals surface area (Å²) in [6.45, 7) is 7.05. The van der Waals surface area contributed by atoms with E-state index in [2.05, 4.69) is 10.3 Å². The predicted molar refractivity (Wildman–Crippen MR) is 64.3 cm³/mol. The zero-order valence-electron chi connectivity index (χ0n) is 11.0. The molecule has 1 aromatic rings. The van der Waals surface area contributed by atoms with Crippen LogP contribution >= 0.6 is 0 Å². The highest BCUT2D eigenvalue weighted by Crippen LogP contribution is 2.11. The summed E-state index contributed by atoms with van der Waals surface area (Å²) >= 11 is 0. The van der Waals surface area contributed by atoms with Crippen LogP contribution in [0.1, 0.15) is 42.4 Å². The van der Waals surface area contributed by atoms with Gasteiger partial charge in [0.25, 0.3) is 5.89 Å². The lowest BCUT2D eigenvalue weighted by molar-refractivity contribution is -0.140. The van der Waals surface area contributed by atoms with E-state index in [9.17, 15) is 9.59 Å². The van der Waals surface area contributed by atoms with E-state index in [1.807, 2.05) is 6.92 Å². The minimum atomic E-state index is -1.06. The van der Waals surface area contributed by atoms with E-state index in [1.54, 1.807) is 20.8 Å². The zero-order chi connectivity index (χ0) is 13.9. The molecule has 0 radical (unpaired) electrons. The molecule has 0 saturated carbocycles. The summed E-state index contributed by atoms with van der Waals surface area (Å²) in [5.74, 6) is -1.37. The van der Waals surface area contributed by atoms with Crippen LogP contribution in [0.15, 0.2) is 4.42 Å². The highest BCUT2D eigenvalue weighted by molar-refractivity contribution is 5.92. The summed E-state index contributed by atoms with van der Waals surface area (Å²) in [5.41, 5.74) is 0.621. The summed E-state index contributed by atoms with van der Waals surface area (Å²) in [6.07, 6.45) is 0.654. The van der Waals surface area contributed by atoms with Crippen molar-refractivity contribution in [2.24, 2.45) is 5.92 Å². The van der Waals surface area contributed by atoms with Crippen LogP contribution in [0.3, 0.4) is 0 Å². The largest absolute Gasteiger partial charge is 0.480 e. The lowest BCUT2D eigenvalue weighted by atomic mass is 9.99. The fourth-order valence-corrected chi connectivity index (χ4v) is 1.46. The molecule has 0 aromatic carbocycles. The molecular formula is C12H18N2O4. The summed E-state index contributed by atoms with van der Waals surface area (Å²) in [7, 11) is 0. The molecule has 1 rings (SSSR count). The van der Waals surface area contributed by atoms with Crippen molar-refractivity contribution >= 4 is 11.9 Å². The number of nitrogens with zero attached hydrogens (tertiary/aromatic N) is 1. The number of carboxylic acid groups (broad SMARTS) is 1. The molecule has 0 fully saturated rings. The summed E-state index contributed by atoms with van der Waals surface area (Å²) in [4.78, 5) is 26.8. The van der Waals surface area contributed by atoms with E-state index in [4.69, 9.17) is 9.52 Å². The zero-order valence-corrected chi connectivity index (χ0v) is 11.0. The van der Waals surface area contributed by atoms with Gasteiger partial charge in [0, 0.05) is 0 Å². The number of hydrogen-bond donors (Lipinski definition) is 2. The van der Waals surface area contributed by atoms with Crippen LogP contribution in [0.5, 0.6) is 0 Å². The number of carbonyl (C=O) groups is 2. The number of carboxylic acids is 1. The molecule has 0 bridgehead atoms. The van der Waals surface area contributed by atoms with Gasteiger partial charge in [-0.1, -0.05) is 20.3 Å². The Kier molecular flexibility index (Phi) is 4.47. The van der Waals surface area contributed by atoms with Crippen molar-refractivity contribution < 1.29 is 19.1 Å². The van der Waals surface area contributed by atoms with Gasteiger partial charge in [-0.15, -0.1) is 0 Å². The number of nitrogens with one attached hydrogen (secondary N) is 1. The van der Waals surface area contributed by atoms with Crippen molar-refractivity contribution in [3.8, 4) is 0 Å². The van der Waals surface area contributed by atoms with Gasteiger partial charge < -0.3 is 14.8 Å². The van der Waals surface area contributed by atoms with Gasteiger partial charge in [-0.05, 0) is 19.8 Å². The lowest BCUT2D eigenvalue weighted by Gasteiger charge is -2.19. The van der Waals surface area contributed by atoms with Crippen molar-refractivity contribution in [1.82, 2.24) is 10.3 Å². The van der Waals surface area contributed by atoms with Gasteiger partial charge in [0.05, 0.1) is 5.69 Å². The van der Waals surface area contributed by atoms with Gasteiger partial charge in [-0.3, -0.25) is 4.79 Å². The van der Waals surface area contributed by atoms with Gasteiger partial charge >= 0.3 is 11.9 Å². The first-order chi connectivity index (χ1) is 8.36. The first-order valence-corrected chi connectivity index (χ1v) is 5.84. The average Bonchev–Trinajstić information content (AvgIpc) is 2.65. The maximum atomic E-state index is 11.8. The first-order valence-electron chi connectivity index (χ1n) is 5.84. The van der Waals surface area contributed by atoms with E-state index in [1.165, 1.54) is 0 Å². The molecule has 1 amide bonds. The Bertz CT molecular complexity index is 433. The summed E-state index contributed by atoms with van der Waals surface area (Å²) < 4.78 is 5.15. The molecular weight excluding hydrogens is 236 g/mol. The molecule has 6 nitrogen and oxygen atoms in total. The molecule has 100 valence electrons. The Labute approximate surface area is 105 Å². The van der Waals surface area contributed by atoms with Crippen LogP contribution in [0.2, 0.25) is 0 Å². The van der Waals surface area contributed by atoms with Crippen LogP contribution in [-0.4, -0.2) is 28.0 Å². The van der Waals surface area contributed by atoms with Crippen molar-refractivity contribution in [2.45, 2.75) is 40.2 Å². The van der Waals surface area contributed by atoms with Gasteiger partial charge in [-0.25, -0.2) is 9.78 Å². The Morgan fingerprint density at radius 3 is 2.44 bits per heavy atom. The van der Waals surface area contributed by atoms with E-state index >= 15 is 0 Å². The second-order valence-electron chi connectivity index (χ2n) is 4.34. The van der Waals surface area contributed by atoms with Gasteiger partial charge in [0.2, 0.25) is 0 Å². The molecule has 1 heterocycles. The second-order valence-corrected chi connectivity index (χ2v) is 4.34. The van der Waals surface area contributed by atoms with Crippen molar-refractivity contribution in [1.29, 1.82) is 0 Å². The number of hydrogen-bond acceptors (Lipinski definition) is 4. The summed E-state index contributed by atoms with van der Waals surface area (Å²) in [6, 6.07) is -0.935. The first kappa shape index (κ1) is 14.2. The number of rotatable bonds is 5. The van der Waals surface area contributed by atoms with E-state index in [0.717, 1.165) is 0 Å². The number of aliphatic carboxylic acids is 1. The van der Waals surface area contributed by atoms with Crippen LogP contribution in [-0.2, 0) is 4.79 Å². The van der Waals surface area contributed by atoms with Crippen LogP contribution < -0.4 is 5.32 Å². The Hall–Kier alpha value is -1.85. The number of aryl methyl sites for hydroxylation is 2. The van der Waals surface area contributed by atoms with Crippen molar-refractivity contribution in [3.63, 3.8) is 0 Å². The maximum absolute atomic E-state index is 11.8. The van der Waals surface area contributed by atoms with Gasteiger partial charge in [0.1, 0.15) is 11.8 Å². The second kappa shape index (κ2) is 5.66. The minimum Gasteiger partial charge on any atom is -0.480 e. The Morgan fingerprint density at radius 1 is 1.44 bits per heavy atom. The molecule has 2 atom stereocenters. The highest BCUT2D eigenvalue weighted by atomic mass is 16.4. The SMILES string of the molecule is CC[C@H](C)[C@H](NC(=O)c1nc(C)c(C)o1)C(=O)O. The Balaban J connectivity index is 2.81. The third kappa shape index (κ3) is 3.09. The average molecular weight is 254 g/mol. The highest BCUT2D eigenvalue weighted by Gasteiger charge is 2.27. The van der Waals surface area contributed by atoms with E-state index in [-0.39, 0.29) is 11.8 Å². The smallest absolute Gasteiger partial charge is 0.326 e. The number of amides is 1. The monoisotopic (exact) mass is 254 g/mol. The molecule has 0 aliphatic rings. The standard InChI is InChI=1S/C12H18N2O4/c1-5-6(2)9(12(16)17)14-10(15)11-13-7(3)8(4)18-11/h6,9H,5H2,1-4H3,(H,14,15)(H,16,17)/t6-,9-/m0/s1. The minimum absolute atomic E-state index is 0.0976. The maximum Gasteiger partial charge on any atom is 0.326 e. The van der Waals surface area contributed by atoms with Crippen LogP contribution in [0.4, 0.5) is 0 Å². The molecule has 18 heavy (non-hydrogen) atoms. The predicted octanol–water partition coefficient (Wildman–Crippen LogP) is 1.52. The lowest BCUT2D eigenvalue weighted by Crippen LogP contribution is -2.45. The molecule has 0 unspecified atom stereocenters. The number of aromatic nitrogens is 1.